The number of amides is 1. The van der Waals surface area contributed by atoms with E-state index in [1.807, 2.05) is 4.90 Å². The lowest BCUT2D eigenvalue weighted by atomic mass is 9.95. The number of fused-ring (bicyclic) bond motifs is 1. The summed E-state index contributed by atoms with van der Waals surface area (Å²) in [5.74, 6) is 1.53. The van der Waals surface area contributed by atoms with Gasteiger partial charge in [0.15, 0.2) is 0 Å². The molecule has 0 atom stereocenters. The first-order chi connectivity index (χ1) is 11.7. The second-order valence-electron chi connectivity index (χ2n) is 6.45. The first-order valence-electron chi connectivity index (χ1n) is 8.36. The topological polar surface area (TPSA) is 61.9 Å². The molecule has 2 aromatic heterocycles. The summed E-state index contributed by atoms with van der Waals surface area (Å²) in [7, 11) is 0. The molecule has 1 aliphatic heterocycles. The van der Waals surface area contributed by atoms with Gasteiger partial charge >= 0.3 is 0 Å². The molecular weight excluding hydrogens is 300 g/mol. The number of nitrogens with one attached hydrogen (secondary N) is 1. The third kappa shape index (κ3) is 2.77. The van der Waals surface area contributed by atoms with Gasteiger partial charge in [0.2, 0.25) is 0 Å². The number of H-pyrrole nitrogens is 1. The predicted molar refractivity (Wildman–Crippen MR) is 92.9 cm³/mol. The van der Waals surface area contributed by atoms with Crippen LogP contribution in [0, 0.1) is 6.92 Å². The maximum Gasteiger partial charge on any atom is 0.253 e. The zero-order valence-electron chi connectivity index (χ0n) is 13.7. The fourth-order valence-corrected chi connectivity index (χ4v) is 3.37. The molecule has 1 fully saturated rings. The monoisotopic (exact) mass is 320 g/mol. The summed E-state index contributed by atoms with van der Waals surface area (Å²) in [5, 5.41) is 0. The second-order valence-corrected chi connectivity index (χ2v) is 6.45. The fourth-order valence-electron chi connectivity index (χ4n) is 3.37. The molecule has 0 radical (unpaired) electrons. The van der Waals surface area contributed by atoms with Crippen LogP contribution in [-0.2, 0) is 0 Å². The molecule has 5 nitrogen and oxygen atoms in total. The Morgan fingerprint density at radius 2 is 1.92 bits per heavy atom. The van der Waals surface area contributed by atoms with Gasteiger partial charge in [-0.1, -0.05) is 6.07 Å². The summed E-state index contributed by atoms with van der Waals surface area (Å²) in [6.07, 6.45) is 5.21. The van der Waals surface area contributed by atoms with Gasteiger partial charge in [0.05, 0.1) is 11.0 Å². The normalized spacial score (nSPS) is 15.8. The van der Waals surface area contributed by atoms with Gasteiger partial charge in [0.1, 0.15) is 5.82 Å². The molecule has 24 heavy (non-hydrogen) atoms. The Morgan fingerprint density at radius 3 is 2.67 bits per heavy atom. The summed E-state index contributed by atoms with van der Waals surface area (Å²) in [6, 6.07) is 9.83. The molecule has 0 bridgehead atoms. The minimum atomic E-state index is 0.0936. The number of rotatable bonds is 2. The molecular formula is C19H20N4O. The van der Waals surface area contributed by atoms with E-state index in [2.05, 4.69) is 35.1 Å². The van der Waals surface area contributed by atoms with Crippen molar-refractivity contribution in [2.75, 3.05) is 13.1 Å². The van der Waals surface area contributed by atoms with Crippen LogP contribution in [0.2, 0.25) is 0 Å². The van der Waals surface area contributed by atoms with Crippen molar-refractivity contribution >= 4 is 16.9 Å². The average Bonchev–Trinajstić information content (AvgIpc) is 3.05. The van der Waals surface area contributed by atoms with E-state index in [4.69, 9.17) is 4.98 Å². The molecule has 0 spiro atoms. The Labute approximate surface area is 140 Å². The summed E-state index contributed by atoms with van der Waals surface area (Å²) in [4.78, 5) is 26.6. The van der Waals surface area contributed by atoms with E-state index in [1.54, 1.807) is 24.5 Å². The highest BCUT2D eigenvalue weighted by Gasteiger charge is 2.26. The third-order valence-corrected chi connectivity index (χ3v) is 4.75. The van der Waals surface area contributed by atoms with Crippen molar-refractivity contribution in [3.05, 3.63) is 59.7 Å². The fraction of sp³-hybridized carbons (Fsp3) is 0.316. The van der Waals surface area contributed by atoms with E-state index in [9.17, 15) is 4.79 Å². The van der Waals surface area contributed by atoms with Gasteiger partial charge in [0, 0.05) is 37.0 Å². The molecule has 1 N–H and O–H groups in total. The van der Waals surface area contributed by atoms with Gasteiger partial charge in [-0.15, -0.1) is 0 Å². The number of hydrogen-bond acceptors (Lipinski definition) is 3. The minimum Gasteiger partial charge on any atom is -0.342 e. The standard InChI is InChI=1S/C19H20N4O/c1-13-2-3-16-17(12-13)22-18(21-16)14-6-10-23(11-7-14)19(24)15-4-8-20-9-5-15/h2-5,8-9,12,14H,6-7,10-11H2,1H3,(H,21,22). The number of imidazole rings is 1. The molecule has 0 unspecified atom stereocenters. The van der Waals surface area contributed by atoms with Crippen LogP contribution in [0.4, 0.5) is 0 Å². The van der Waals surface area contributed by atoms with Gasteiger partial charge < -0.3 is 9.88 Å². The summed E-state index contributed by atoms with van der Waals surface area (Å²) in [5.41, 5.74) is 4.06. The minimum absolute atomic E-state index is 0.0936. The number of hydrogen-bond donors (Lipinski definition) is 1. The van der Waals surface area contributed by atoms with Crippen LogP contribution >= 0.6 is 0 Å². The number of benzene rings is 1. The molecule has 3 heterocycles. The first kappa shape index (κ1) is 14.9. The van der Waals surface area contributed by atoms with E-state index in [1.165, 1.54) is 5.56 Å². The summed E-state index contributed by atoms with van der Waals surface area (Å²) >= 11 is 0. The Balaban J connectivity index is 1.46. The number of piperidine rings is 1. The molecule has 1 aliphatic rings. The Bertz CT molecular complexity index is 863. The van der Waals surface area contributed by atoms with Crippen molar-refractivity contribution in [1.82, 2.24) is 19.9 Å². The zero-order valence-corrected chi connectivity index (χ0v) is 13.7. The number of pyridine rings is 1. The van der Waals surface area contributed by atoms with Crippen molar-refractivity contribution in [2.24, 2.45) is 0 Å². The molecule has 5 heteroatoms. The van der Waals surface area contributed by atoms with Crippen LogP contribution in [0.25, 0.3) is 11.0 Å². The number of aromatic amines is 1. The molecule has 1 aromatic carbocycles. The van der Waals surface area contributed by atoms with Crippen LogP contribution in [0.5, 0.6) is 0 Å². The Kier molecular flexibility index (Phi) is 3.76. The van der Waals surface area contributed by atoms with Crippen molar-refractivity contribution in [1.29, 1.82) is 0 Å². The lowest BCUT2D eigenvalue weighted by Crippen LogP contribution is -2.38. The Hall–Kier alpha value is -2.69. The highest BCUT2D eigenvalue weighted by Crippen LogP contribution is 2.28. The van der Waals surface area contributed by atoms with Gasteiger partial charge in [-0.05, 0) is 49.6 Å². The van der Waals surface area contributed by atoms with Gasteiger partial charge in [-0.25, -0.2) is 4.98 Å². The summed E-state index contributed by atoms with van der Waals surface area (Å²) in [6.45, 7) is 3.62. The van der Waals surface area contributed by atoms with Gasteiger partial charge in [-0.2, -0.15) is 0 Å². The predicted octanol–water partition coefficient (Wildman–Crippen LogP) is 3.29. The maximum atomic E-state index is 12.5. The molecule has 4 rings (SSSR count). The largest absolute Gasteiger partial charge is 0.342 e. The quantitative estimate of drug-likeness (QED) is 0.788. The lowest BCUT2D eigenvalue weighted by molar-refractivity contribution is 0.0711. The average molecular weight is 320 g/mol. The number of aromatic nitrogens is 3. The van der Waals surface area contributed by atoms with Gasteiger partial charge in [0.25, 0.3) is 5.91 Å². The number of aryl methyl sites for hydroxylation is 1. The van der Waals surface area contributed by atoms with Crippen molar-refractivity contribution < 1.29 is 4.79 Å². The smallest absolute Gasteiger partial charge is 0.253 e. The number of carbonyl (C=O) groups is 1. The van der Waals surface area contributed by atoms with Crippen molar-refractivity contribution in [3.8, 4) is 0 Å². The maximum absolute atomic E-state index is 12.5. The number of likely N-dealkylation sites (tertiary alicyclic amines) is 1. The van der Waals surface area contributed by atoms with Crippen molar-refractivity contribution in [2.45, 2.75) is 25.7 Å². The van der Waals surface area contributed by atoms with Crippen LogP contribution in [0.1, 0.15) is 40.5 Å². The molecule has 3 aromatic rings. The number of nitrogens with zero attached hydrogens (tertiary/aromatic N) is 3. The van der Waals surface area contributed by atoms with Crippen LogP contribution in [-0.4, -0.2) is 38.8 Å². The molecule has 1 amide bonds. The van der Waals surface area contributed by atoms with Crippen LogP contribution in [0.3, 0.4) is 0 Å². The van der Waals surface area contributed by atoms with E-state index in [0.717, 1.165) is 42.8 Å². The molecule has 1 saturated heterocycles. The first-order valence-corrected chi connectivity index (χ1v) is 8.36. The van der Waals surface area contributed by atoms with E-state index >= 15 is 0 Å². The van der Waals surface area contributed by atoms with Crippen molar-refractivity contribution in [3.63, 3.8) is 0 Å². The molecule has 0 saturated carbocycles. The van der Waals surface area contributed by atoms with Crippen LogP contribution < -0.4 is 0 Å². The molecule has 122 valence electrons. The Morgan fingerprint density at radius 1 is 1.17 bits per heavy atom. The number of carbonyl (C=O) groups excluding carboxylic acids is 1. The van der Waals surface area contributed by atoms with Gasteiger partial charge in [-0.3, -0.25) is 9.78 Å². The zero-order chi connectivity index (χ0) is 16.5. The third-order valence-electron chi connectivity index (χ3n) is 4.75. The van der Waals surface area contributed by atoms with E-state index < -0.39 is 0 Å². The lowest BCUT2D eigenvalue weighted by Gasteiger charge is -2.31. The van der Waals surface area contributed by atoms with Crippen LogP contribution in [0.15, 0.2) is 42.7 Å². The second kappa shape index (κ2) is 6.07. The van der Waals surface area contributed by atoms with E-state index in [0.29, 0.717) is 11.5 Å². The van der Waals surface area contributed by atoms with E-state index in [-0.39, 0.29) is 5.91 Å². The summed E-state index contributed by atoms with van der Waals surface area (Å²) < 4.78 is 0. The molecule has 0 aliphatic carbocycles. The highest BCUT2D eigenvalue weighted by atomic mass is 16.2. The highest BCUT2D eigenvalue weighted by molar-refractivity contribution is 5.94. The SMILES string of the molecule is Cc1ccc2nc(C3CCN(C(=O)c4ccncc4)CC3)[nH]c2c1.